The van der Waals surface area contributed by atoms with Crippen molar-refractivity contribution in [3.05, 3.63) is 115 Å². The van der Waals surface area contributed by atoms with Gasteiger partial charge >= 0.3 is 0 Å². The van der Waals surface area contributed by atoms with E-state index in [0.29, 0.717) is 28.1 Å². The number of carbonyl (C=O) groups excluding carboxylic acids is 1. The molecule has 0 saturated heterocycles. The molecule has 0 bridgehead atoms. The van der Waals surface area contributed by atoms with E-state index in [1.54, 1.807) is 55.5 Å². The second-order valence-corrected chi connectivity index (χ2v) is 13.4. The third-order valence-electron chi connectivity index (χ3n) is 7.25. The minimum atomic E-state index is -3.34. The maximum atomic E-state index is 12.9. The summed E-state index contributed by atoms with van der Waals surface area (Å²) < 4.78 is 26.0. The number of anilines is 1. The molecule has 12 heteroatoms. The molecule has 0 radical (unpaired) electrons. The van der Waals surface area contributed by atoms with E-state index in [1.165, 1.54) is 18.0 Å². The van der Waals surface area contributed by atoms with Crippen LogP contribution in [0.5, 0.6) is 0 Å². The van der Waals surface area contributed by atoms with Gasteiger partial charge in [-0.15, -0.1) is 10.2 Å². The first kappa shape index (κ1) is 30.7. The fraction of sp³-hybridized carbons (Fsp3) is 0.0882. The van der Waals surface area contributed by atoms with Gasteiger partial charge in [-0.2, -0.15) is 0 Å². The van der Waals surface area contributed by atoms with Crippen molar-refractivity contribution in [3.63, 3.8) is 0 Å². The minimum Gasteiger partial charge on any atom is -0.411 e. The van der Waals surface area contributed by atoms with E-state index < -0.39 is 9.84 Å². The Morgan fingerprint density at radius 2 is 1.61 bits per heavy atom. The summed E-state index contributed by atoms with van der Waals surface area (Å²) in [5.74, 6) is 0.431. The highest BCUT2D eigenvalue weighted by Crippen LogP contribution is 2.35. The van der Waals surface area contributed by atoms with E-state index in [4.69, 9.17) is 10.2 Å². The Balaban J connectivity index is 1.36. The average molecular weight is 649 g/mol. The van der Waals surface area contributed by atoms with Crippen molar-refractivity contribution in [1.82, 2.24) is 19.7 Å². The number of amides is 1. The second kappa shape index (κ2) is 13.0. The van der Waals surface area contributed by atoms with Crippen LogP contribution in [0.1, 0.15) is 12.5 Å². The van der Waals surface area contributed by atoms with E-state index in [-0.39, 0.29) is 16.6 Å². The number of benzene rings is 4. The zero-order valence-corrected chi connectivity index (χ0v) is 26.5. The quantitative estimate of drug-likeness (QED) is 0.0786. The summed E-state index contributed by atoms with van der Waals surface area (Å²) in [6.07, 6.45) is 1.18. The summed E-state index contributed by atoms with van der Waals surface area (Å²) in [6.45, 7) is 1.69. The standard InChI is InChI=1S/C34H28N6O4S2/c1-22(39-42)23-12-16-25(17-13-23)35-32(41)21-45-34-38-37-33(40(34)26-8-4-3-5-9-26)29-20-31(36-30-11-7-6-10-28(29)30)24-14-18-27(19-15-24)46(2,43)44/h3-20,42H,21H2,1-2H3,(H,35,41)/b39-22+. The number of hydrogen-bond acceptors (Lipinski definition) is 9. The monoisotopic (exact) mass is 648 g/mol. The van der Waals surface area contributed by atoms with E-state index in [1.807, 2.05) is 65.2 Å². The highest BCUT2D eigenvalue weighted by atomic mass is 32.2. The first-order valence-electron chi connectivity index (χ1n) is 14.1. The Hall–Kier alpha value is -5.33. The number of aromatic nitrogens is 4. The van der Waals surface area contributed by atoms with Crippen LogP contribution in [-0.4, -0.2) is 57.0 Å². The Kier molecular flexibility index (Phi) is 8.64. The summed E-state index contributed by atoms with van der Waals surface area (Å²) in [5.41, 5.74) is 5.58. The van der Waals surface area contributed by atoms with Crippen molar-refractivity contribution in [1.29, 1.82) is 0 Å². The van der Waals surface area contributed by atoms with Crippen LogP contribution in [-0.2, 0) is 14.6 Å². The first-order chi connectivity index (χ1) is 22.2. The topological polar surface area (TPSA) is 139 Å². The van der Waals surface area contributed by atoms with Crippen LogP contribution in [0.4, 0.5) is 5.69 Å². The number of pyridine rings is 1. The third-order valence-corrected chi connectivity index (χ3v) is 9.31. The zero-order chi connectivity index (χ0) is 32.3. The highest BCUT2D eigenvalue weighted by Gasteiger charge is 2.21. The molecule has 2 N–H and O–H groups in total. The summed E-state index contributed by atoms with van der Waals surface area (Å²) in [4.78, 5) is 18.0. The molecule has 0 fully saturated rings. The van der Waals surface area contributed by atoms with Gasteiger partial charge in [-0.25, -0.2) is 13.4 Å². The molecule has 0 aliphatic rings. The van der Waals surface area contributed by atoms with Crippen molar-refractivity contribution < 1.29 is 18.4 Å². The van der Waals surface area contributed by atoms with Crippen LogP contribution >= 0.6 is 11.8 Å². The molecule has 46 heavy (non-hydrogen) atoms. The molecule has 0 aliphatic heterocycles. The number of oxime groups is 1. The van der Waals surface area contributed by atoms with Gasteiger partial charge in [0.05, 0.1) is 27.6 Å². The van der Waals surface area contributed by atoms with Gasteiger partial charge < -0.3 is 10.5 Å². The fourth-order valence-corrected chi connectivity index (χ4v) is 6.29. The molecule has 0 saturated carbocycles. The number of nitrogens with zero attached hydrogens (tertiary/aromatic N) is 5. The van der Waals surface area contributed by atoms with Crippen molar-refractivity contribution in [2.45, 2.75) is 17.0 Å². The van der Waals surface area contributed by atoms with Gasteiger partial charge in [0.15, 0.2) is 20.8 Å². The first-order valence-corrected chi connectivity index (χ1v) is 17.0. The predicted octanol–water partition coefficient (Wildman–Crippen LogP) is 6.48. The lowest BCUT2D eigenvalue weighted by Crippen LogP contribution is -2.14. The number of hydrogen-bond donors (Lipinski definition) is 2. The Morgan fingerprint density at radius 3 is 2.30 bits per heavy atom. The van der Waals surface area contributed by atoms with E-state index in [2.05, 4.69) is 20.7 Å². The molecule has 1 amide bonds. The zero-order valence-electron chi connectivity index (χ0n) is 24.8. The molecule has 0 aliphatic carbocycles. The molecule has 2 heterocycles. The van der Waals surface area contributed by atoms with Gasteiger partial charge in [-0.1, -0.05) is 77.6 Å². The van der Waals surface area contributed by atoms with Crippen molar-refractivity contribution in [3.8, 4) is 28.3 Å². The van der Waals surface area contributed by atoms with Crippen LogP contribution in [0.3, 0.4) is 0 Å². The number of thioether (sulfide) groups is 1. The van der Waals surface area contributed by atoms with Crippen molar-refractivity contribution in [2.75, 3.05) is 17.3 Å². The molecule has 0 unspecified atom stereocenters. The molecule has 0 atom stereocenters. The lowest BCUT2D eigenvalue weighted by atomic mass is 10.0. The van der Waals surface area contributed by atoms with Crippen molar-refractivity contribution >= 4 is 49.8 Å². The van der Waals surface area contributed by atoms with Gasteiger partial charge in [-0.3, -0.25) is 9.36 Å². The summed E-state index contributed by atoms with van der Waals surface area (Å²) in [5, 5.41) is 25.6. The Bertz CT molecular complexity index is 2180. The molecular weight excluding hydrogens is 621 g/mol. The maximum Gasteiger partial charge on any atom is 0.234 e. The molecule has 6 rings (SSSR count). The maximum absolute atomic E-state index is 12.9. The average Bonchev–Trinajstić information content (AvgIpc) is 3.50. The number of para-hydroxylation sites is 2. The molecule has 4 aromatic carbocycles. The summed E-state index contributed by atoms with van der Waals surface area (Å²) >= 11 is 1.26. The molecule has 6 aromatic rings. The second-order valence-electron chi connectivity index (χ2n) is 10.4. The van der Waals surface area contributed by atoms with Gasteiger partial charge in [0.2, 0.25) is 5.91 Å². The number of sulfone groups is 1. The predicted molar refractivity (Wildman–Crippen MR) is 180 cm³/mol. The van der Waals surface area contributed by atoms with Crippen LogP contribution in [0.2, 0.25) is 0 Å². The molecule has 2 aromatic heterocycles. The van der Waals surface area contributed by atoms with Crippen LogP contribution in [0.15, 0.2) is 124 Å². The largest absolute Gasteiger partial charge is 0.411 e. The fourth-order valence-electron chi connectivity index (χ4n) is 4.91. The van der Waals surface area contributed by atoms with E-state index in [0.717, 1.165) is 33.3 Å². The summed E-state index contributed by atoms with van der Waals surface area (Å²) in [7, 11) is -3.34. The SMILES string of the molecule is C/C(=N\O)c1ccc(NC(=O)CSc2nnc(-c3cc(-c4ccc(S(C)(=O)=O)cc4)nc4ccccc34)n2-c2ccccc2)cc1. The lowest BCUT2D eigenvalue weighted by Gasteiger charge is -2.13. The normalized spacial score (nSPS) is 11.9. The molecule has 230 valence electrons. The van der Waals surface area contributed by atoms with Gasteiger partial charge in [0, 0.05) is 34.1 Å². The number of rotatable bonds is 9. The summed E-state index contributed by atoms with van der Waals surface area (Å²) in [6, 6.07) is 33.0. The smallest absolute Gasteiger partial charge is 0.234 e. The van der Waals surface area contributed by atoms with E-state index >= 15 is 0 Å². The number of nitrogens with one attached hydrogen (secondary N) is 1. The van der Waals surface area contributed by atoms with Crippen LogP contribution < -0.4 is 5.32 Å². The van der Waals surface area contributed by atoms with Gasteiger partial charge in [0.1, 0.15) is 0 Å². The van der Waals surface area contributed by atoms with Crippen molar-refractivity contribution in [2.24, 2.45) is 5.16 Å². The number of carbonyl (C=O) groups is 1. The van der Waals surface area contributed by atoms with Crippen LogP contribution in [0, 0.1) is 0 Å². The van der Waals surface area contributed by atoms with E-state index in [9.17, 15) is 13.2 Å². The van der Waals surface area contributed by atoms with Gasteiger partial charge in [-0.05, 0) is 61.0 Å². The third kappa shape index (κ3) is 6.53. The molecular formula is C34H28N6O4S2. The molecule has 0 spiro atoms. The van der Waals surface area contributed by atoms with Gasteiger partial charge in [0.25, 0.3) is 0 Å². The highest BCUT2D eigenvalue weighted by molar-refractivity contribution is 7.99. The van der Waals surface area contributed by atoms with Crippen LogP contribution in [0.25, 0.3) is 39.2 Å². The Labute approximate surface area is 269 Å². The Morgan fingerprint density at radius 1 is 0.913 bits per heavy atom. The number of fused-ring (bicyclic) bond motifs is 1. The minimum absolute atomic E-state index is 0.0822. The molecule has 10 nitrogen and oxygen atoms in total. The lowest BCUT2D eigenvalue weighted by molar-refractivity contribution is -0.113.